The van der Waals surface area contributed by atoms with Gasteiger partial charge >= 0.3 is 0 Å². The normalized spacial score (nSPS) is 11.8. The molecule has 1 aromatic carbocycles. The Kier molecular flexibility index (Phi) is 6.04. The van der Waals surface area contributed by atoms with Gasteiger partial charge in [0.1, 0.15) is 10.7 Å². The third kappa shape index (κ3) is 4.29. The molecule has 0 saturated heterocycles. The minimum atomic E-state index is -3.99. The second-order valence-corrected chi connectivity index (χ2v) is 9.02. The van der Waals surface area contributed by atoms with Gasteiger partial charge in [0.25, 0.3) is 0 Å². The minimum absolute atomic E-state index is 0.0347. The molecule has 9 heteroatoms. The highest BCUT2D eigenvalue weighted by Gasteiger charge is 2.30. The average Bonchev–Trinajstić information content (AvgIpc) is 3.07. The number of benzene rings is 1. The van der Waals surface area contributed by atoms with Gasteiger partial charge < -0.3 is 4.42 Å². The van der Waals surface area contributed by atoms with E-state index in [1.165, 1.54) is 22.7 Å². The molecule has 0 aliphatic carbocycles. The summed E-state index contributed by atoms with van der Waals surface area (Å²) in [6.45, 7) is 0.131. The SMILES string of the molecule is O=S(=O)(c1c(Cl)cc(Br)cc1Cl)N(Cc1cccnc1)Cc1ccco1. The van der Waals surface area contributed by atoms with Crippen LogP contribution in [0.15, 0.2) is 68.8 Å². The van der Waals surface area contributed by atoms with Gasteiger partial charge in [0.2, 0.25) is 10.0 Å². The molecule has 0 bridgehead atoms. The van der Waals surface area contributed by atoms with Crippen LogP contribution in [0, 0.1) is 0 Å². The second kappa shape index (κ2) is 8.10. The summed E-state index contributed by atoms with van der Waals surface area (Å²) < 4.78 is 33.8. The second-order valence-electron chi connectivity index (χ2n) is 5.41. The molecule has 5 nitrogen and oxygen atoms in total. The molecule has 0 unspecified atom stereocenters. The number of hydrogen-bond donors (Lipinski definition) is 0. The van der Waals surface area contributed by atoms with E-state index in [2.05, 4.69) is 20.9 Å². The summed E-state index contributed by atoms with van der Waals surface area (Å²) in [6, 6.07) is 9.93. The molecule has 2 aromatic heterocycles. The molecule has 26 heavy (non-hydrogen) atoms. The minimum Gasteiger partial charge on any atom is -0.468 e. The number of pyridine rings is 1. The van der Waals surface area contributed by atoms with Gasteiger partial charge in [0.05, 0.1) is 22.9 Å². The number of hydrogen-bond acceptors (Lipinski definition) is 4. The first-order valence-corrected chi connectivity index (χ1v) is 10.4. The van der Waals surface area contributed by atoms with Gasteiger partial charge in [-0.25, -0.2) is 8.42 Å². The molecule has 0 spiro atoms. The number of furan rings is 1. The molecule has 0 atom stereocenters. The lowest BCUT2D eigenvalue weighted by atomic mass is 10.3. The number of nitrogens with zero attached hydrogens (tertiary/aromatic N) is 2. The topological polar surface area (TPSA) is 63.4 Å². The van der Waals surface area contributed by atoms with E-state index >= 15 is 0 Å². The largest absolute Gasteiger partial charge is 0.468 e. The first-order chi connectivity index (χ1) is 12.4. The number of rotatable bonds is 6. The number of halogens is 3. The van der Waals surface area contributed by atoms with E-state index in [9.17, 15) is 8.42 Å². The van der Waals surface area contributed by atoms with Crippen LogP contribution in [0.5, 0.6) is 0 Å². The summed E-state index contributed by atoms with van der Waals surface area (Å²) in [5, 5.41) is 0.0833. The van der Waals surface area contributed by atoms with Crippen molar-refractivity contribution in [2.45, 2.75) is 18.0 Å². The van der Waals surface area contributed by atoms with Gasteiger partial charge in [0.15, 0.2) is 0 Å². The van der Waals surface area contributed by atoms with E-state index in [1.54, 1.807) is 36.7 Å². The fraction of sp³-hybridized carbons (Fsp3) is 0.118. The summed E-state index contributed by atoms with van der Waals surface area (Å²) in [6.07, 6.45) is 4.72. The van der Waals surface area contributed by atoms with E-state index in [0.29, 0.717) is 10.2 Å². The smallest absolute Gasteiger partial charge is 0.246 e. The van der Waals surface area contributed by atoms with Crippen LogP contribution in [0.4, 0.5) is 0 Å². The van der Waals surface area contributed by atoms with Gasteiger partial charge in [-0.2, -0.15) is 4.31 Å². The summed E-state index contributed by atoms with van der Waals surface area (Å²) in [5.74, 6) is 0.502. The van der Waals surface area contributed by atoms with Crippen LogP contribution in [0.2, 0.25) is 10.0 Å². The van der Waals surface area contributed by atoms with Crippen LogP contribution < -0.4 is 0 Å². The lowest BCUT2D eigenvalue weighted by Crippen LogP contribution is -2.30. The first-order valence-electron chi connectivity index (χ1n) is 7.44. The van der Waals surface area contributed by atoms with Crippen LogP contribution >= 0.6 is 39.1 Å². The monoisotopic (exact) mass is 474 g/mol. The van der Waals surface area contributed by atoms with Crippen molar-refractivity contribution in [3.05, 3.63) is 80.9 Å². The van der Waals surface area contributed by atoms with Gasteiger partial charge in [-0.1, -0.05) is 45.2 Å². The van der Waals surface area contributed by atoms with Crippen LogP contribution in [0.1, 0.15) is 11.3 Å². The summed E-state index contributed by atoms with van der Waals surface area (Å²) >= 11 is 15.6. The Morgan fingerprint density at radius 1 is 1.12 bits per heavy atom. The summed E-state index contributed by atoms with van der Waals surface area (Å²) in [5.41, 5.74) is 0.729. The quantitative estimate of drug-likeness (QED) is 0.495. The number of sulfonamides is 1. The van der Waals surface area contributed by atoms with Crippen molar-refractivity contribution < 1.29 is 12.8 Å². The highest BCUT2D eigenvalue weighted by Crippen LogP contribution is 2.35. The molecule has 3 aromatic rings. The van der Waals surface area contributed by atoms with Crippen molar-refractivity contribution in [1.82, 2.24) is 9.29 Å². The van der Waals surface area contributed by atoms with Gasteiger partial charge in [-0.15, -0.1) is 0 Å². The third-order valence-electron chi connectivity index (χ3n) is 3.55. The van der Waals surface area contributed by atoms with Crippen LogP contribution in [-0.4, -0.2) is 17.7 Å². The number of aromatic nitrogens is 1. The maximum absolute atomic E-state index is 13.3. The molecular weight excluding hydrogens is 463 g/mol. The average molecular weight is 476 g/mol. The van der Waals surface area contributed by atoms with Crippen molar-refractivity contribution in [3.8, 4) is 0 Å². The molecule has 0 fully saturated rings. The van der Waals surface area contributed by atoms with E-state index in [4.69, 9.17) is 27.6 Å². The van der Waals surface area contributed by atoms with Crippen LogP contribution in [-0.2, 0) is 23.1 Å². The van der Waals surface area contributed by atoms with Crippen molar-refractivity contribution in [1.29, 1.82) is 0 Å². The molecular formula is C17H13BrCl2N2O3S. The molecule has 0 N–H and O–H groups in total. The van der Waals surface area contributed by atoms with E-state index in [-0.39, 0.29) is 28.0 Å². The Morgan fingerprint density at radius 2 is 1.85 bits per heavy atom. The van der Waals surface area contributed by atoms with Crippen molar-refractivity contribution in [3.63, 3.8) is 0 Å². The fourth-order valence-corrected chi connectivity index (χ4v) is 5.68. The van der Waals surface area contributed by atoms with Crippen molar-refractivity contribution in [2.75, 3.05) is 0 Å². The molecule has 3 rings (SSSR count). The first kappa shape index (κ1) is 19.4. The molecule has 0 amide bonds. The summed E-state index contributed by atoms with van der Waals surface area (Å²) in [7, 11) is -3.99. The molecule has 136 valence electrons. The van der Waals surface area contributed by atoms with E-state index < -0.39 is 10.0 Å². The summed E-state index contributed by atoms with van der Waals surface area (Å²) in [4.78, 5) is 3.89. The Balaban J connectivity index is 2.05. The van der Waals surface area contributed by atoms with E-state index in [0.717, 1.165) is 5.56 Å². The van der Waals surface area contributed by atoms with Crippen LogP contribution in [0.3, 0.4) is 0 Å². The zero-order valence-electron chi connectivity index (χ0n) is 13.3. The third-order valence-corrected chi connectivity index (χ3v) is 6.73. The predicted octanol–water partition coefficient (Wildman–Crippen LogP) is 5.14. The Labute approximate surface area is 169 Å². The zero-order valence-corrected chi connectivity index (χ0v) is 17.2. The molecule has 0 radical (unpaired) electrons. The molecule has 0 aliphatic heterocycles. The van der Waals surface area contributed by atoms with Gasteiger partial charge in [-0.3, -0.25) is 4.98 Å². The molecule has 0 saturated carbocycles. The zero-order chi connectivity index (χ0) is 18.7. The fourth-order valence-electron chi connectivity index (χ4n) is 2.40. The highest BCUT2D eigenvalue weighted by molar-refractivity contribution is 9.10. The van der Waals surface area contributed by atoms with Crippen molar-refractivity contribution >= 4 is 49.2 Å². The maximum atomic E-state index is 13.3. The Morgan fingerprint density at radius 3 is 2.42 bits per heavy atom. The Hall–Kier alpha value is -1.38. The lowest BCUT2D eigenvalue weighted by Gasteiger charge is -2.22. The van der Waals surface area contributed by atoms with E-state index in [1.807, 2.05) is 0 Å². The molecule has 2 heterocycles. The molecule has 0 aliphatic rings. The highest BCUT2D eigenvalue weighted by atomic mass is 79.9. The standard InChI is InChI=1S/C17H13BrCl2N2O3S/c18-13-7-15(19)17(16(20)8-13)26(23,24)22(11-14-4-2-6-25-14)10-12-3-1-5-21-9-12/h1-9H,10-11H2. The van der Waals surface area contributed by atoms with Crippen molar-refractivity contribution in [2.24, 2.45) is 0 Å². The van der Waals surface area contributed by atoms with Crippen LogP contribution in [0.25, 0.3) is 0 Å². The predicted molar refractivity (Wildman–Crippen MR) is 104 cm³/mol. The lowest BCUT2D eigenvalue weighted by molar-refractivity contribution is 0.358. The van der Waals surface area contributed by atoms with Gasteiger partial charge in [0, 0.05) is 23.4 Å². The van der Waals surface area contributed by atoms with Gasteiger partial charge in [-0.05, 0) is 35.9 Å². The Bertz CT molecular complexity index is 973. The maximum Gasteiger partial charge on any atom is 0.246 e.